The molecule has 32 heavy (non-hydrogen) atoms. The molecule has 2 aromatic carbocycles. The van der Waals surface area contributed by atoms with Crippen molar-refractivity contribution in [2.75, 3.05) is 50.8 Å². The third-order valence-electron chi connectivity index (χ3n) is 6.42. The van der Waals surface area contributed by atoms with E-state index >= 15 is 0 Å². The summed E-state index contributed by atoms with van der Waals surface area (Å²) < 4.78 is 19.4. The van der Waals surface area contributed by atoms with Crippen LogP contribution in [-0.4, -0.2) is 67.7 Å². The van der Waals surface area contributed by atoms with E-state index in [-0.39, 0.29) is 17.8 Å². The molecule has 0 saturated carbocycles. The van der Waals surface area contributed by atoms with Gasteiger partial charge in [-0.1, -0.05) is 30.3 Å². The second-order valence-electron chi connectivity index (χ2n) is 8.81. The molecule has 1 atom stereocenters. The van der Waals surface area contributed by atoms with E-state index < -0.39 is 0 Å². The minimum absolute atomic E-state index is 0.0959. The quantitative estimate of drug-likeness (QED) is 0.593. The lowest BCUT2D eigenvalue weighted by Crippen LogP contribution is -2.46. The molecule has 0 radical (unpaired) electrons. The van der Waals surface area contributed by atoms with Crippen molar-refractivity contribution in [3.8, 4) is 0 Å². The van der Waals surface area contributed by atoms with E-state index in [1.165, 1.54) is 17.8 Å². The Morgan fingerprint density at radius 3 is 2.59 bits per heavy atom. The summed E-state index contributed by atoms with van der Waals surface area (Å²) in [6.07, 6.45) is 3.48. The van der Waals surface area contributed by atoms with Gasteiger partial charge in [0.05, 0.1) is 6.10 Å². The average molecular weight is 440 g/mol. The molecule has 0 aromatic heterocycles. The number of carbonyl (C=O) groups excluding carboxylic acids is 1. The third-order valence-corrected chi connectivity index (χ3v) is 6.42. The zero-order valence-corrected chi connectivity index (χ0v) is 18.8. The maximum atomic E-state index is 13.6. The fourth-order valence-electron chi connectivity index (χ4n) is 4.62. The zero-order chi connectivity index (χ0) is 22.2. The van der Waals surface area contributed by atoms with Crippen molar-refractivity contribution in [1.29, 1.82) is 0 Å². The fraction of sp³-hybridized carbons (Fsp3) is 0.500. The molecule has 4 rings (SSSR count). The molecule has 2 heterocycles. The van der Waals surface area contributed by atoms with Gasteiger partial charge in [0.25, 0.3) is 0 Å². The van der Waals surface area contributed by atoms with Gasteiger partial charge in [-0.15, -0.1) is 0 Å². The molecule has 5 nitrogen and oxygen atoms in total. The lowest BCUT2D eigenvalue weighted by Gasteiger charge is -2.36. The van der Waals surface area contributed by atoms with Crippen molar-refractivity contribution in [1.82, 2.24) is 9.80 Å². The van der Waals surface area contributed by atoms with Crippen LogP contribution in [0.15, 0.2) is 54.6 Å². The van der Waals surface area contributed by atoms with Gasteiger partial charge in [0.2, 0.25) is 5.91 Å². The summed E-state index contributed by atoms with van der Waals surface area (Å²) in [4.78, 5) is 19.8. The molecule has 0 aliphatic carbocycles. The number of carbonyl (C=O) groups is 1. The first-order valence-corrected chi connectivity index (χ1v) is 11.8. The molecule has 1 unspecified atom stereocenters. The molecule has 172 valence electrons. The molecule has 2 aliphatic heterocycles. The van der Waals surface area contributed by atoms with Gasteiger partial charge in [-0.3, -0.25) is 9.69 Å². The topological polar surface area (TPSA) is 36.0 Å². The van der Waals surface area contributed by atoms with Crippen LogP contribution in [0.25, 0.3) is 0 Å². The zero-order valence-electron chi connectivity index (χ0n) is 18.8. The molecule has 0 spiro atoms. The predicted molar refractivity (Wildman–Crippen MR) is 125 cm³/mol. The van der Waals surface area contributed by atoms with Crippen molar-refractivity contribution in [2.45, 2.75) is 38.3 Å². The summed E-state index contributed by atoms with van der Waals surface area (Å²) in [7, 11) is 0. The predicted octanol–water partition coefficient (Wildman–Crippen LogP) is 3.94. The van der Waals surface area contributed by atoms with Crippen LogP contribution in [0.1, 0.15) is 31.2 Å². The van der Waals surface area contributed by atoms with E-state index in [0.717, 1.165) is 64.2 Å². The van der Waals surface area contributed by atoms with Crippen LogP contribution in [0, 0.1) is 5.82 Å². The number of amides is 1. The summed E-state index contributed by atoms with van der Waals surface area (Å²) in [6, 6.07) is 17.1. The number of hydrogen-bond acceptors (Lipinski definition) is 4. The van der Waals surface area contributed by atoms with E-state index in [0.29, 0.717) is 19.5 Å². The standard InChI is InChI=1S/C26H34FN3O2/c27-23-8-4-7-22(19-23)20-30(21-25-11-6-18-32-25)26(31)12-5-13-28-14-16-29(17-15-28)24-9-2-1-3-10-24/h1-4,7-10,19,25H,5-6,11-18,20-21H2. The summed E-state index contributed by atoms with van der Waals surface area (Å²) >= 11 is 0. The van der Waals surface area contributed by atoms with Gasteiger partial charge in [-0.2, -0.15) is 0 Å². The lowest BCUT2D eigenvalue weighted by atomic mass is 10.1. The summed E-state index contributed by atoms with van der Waals surface area (Å²) in [5.41, 5.74) is 2.11. The molecule has 6 heteroatoms. The van der Waals surface area contributed by atoms with Crippen LogP contribution in [0.2, 0.25) is 0 Å². The van der Waals surface area contributed by atoms with Gasteiger partial charge in [0.1, 0.15) is 5.82 Å². The van der Waals surface area contributed by atoms with Gasteiger partial charge >= 0.3 is 0 Å². The smallest absolute Gasteiger partial charge is 0.223 e. The average Bonchev–Trinajstić information content (AvgIpc) is 3.33. The Balaban J connectivity index is 1.24. The third kappa shape index (κ3) is 6.53. The molecular formula is C26H34FN3O2. The Labute approximate surface area is 190 Å². The van der Waals surface area contributed by atoms with Crippen LogP contribution < -0.4 is 4.90 Å². The molecule has 2 fully saturated rings. The second kappa shape index (κ2) is 11.4. The van der Waals surface area contributed by atoms with Crippen molar-refractivity contribution in [3.63, 3.8) is 0 Å². The molecular weight excluding hydrogens is 405 g/mol. The minimum Gasteiger partial charge on any atom is -0.376 e. The Morgan fingerprint density at radius 1 is 1.06 bits per heavy atom. The summed E-state index contributed by atoms with van der Waals surface area (Å²) in [5.74, 6) is -0.130. The molecule has 0 bridgehead atoms. The summed E-state index contributed by atoms with van der Waals surface area (Å²) in [5, 5.41) is 0. The van der Waals surface area contributed by atoms with Gasteiger partial charge < -0.3 is 14.5 Å². The van der Waals surface area contributed by atoms with E-state index in [1.807, 2.05) is 17.0 Å². The Hall–Kier alpha value is -2.44. The van der Waals surface area contributed by atoms with Gasteiger partial charge in [0, 0.05) is 58.0 Å². The van der Waals surface area contributed by atoms with E-state index in [2.05, 4.69) is 34.1 Å². The molecule has 2 saturated heterocycles. The molecule has 1 amide bonds. The highest BCUT2D eigenvalue weighted by atomic mass is 19.1. The van der Waals surface area contributed by atoms with Crippen molar-refractivity contribution in [3.05, 3.63) is 66.0 Å². The van der Waals surface area contributed by atoms with E-state index in [9.17, 15) is 9.18 Å². The first-order valence-electron chi connectivity index (χ1n) is 11.8. The van der Waals surface area contributed by atoms with E-state index in [1.54, 1.807) is 6.07 Å². The Kier molecular flexibility index (Phi) is 8.13. The number of hydrogen-bond donors (Lipinski definition) is 0. The lowest BCUT2D eigenvalue weighted by molar-refractivity contribution is -0.133. The van der Waals surface area contributed by atoms with Crippen LogP contribution >= 0.6 is 0 Å². The second-order valence-corrected chi connectivity index (χ2v) is 8.81. The highest BCUT2D eigenvalue weighted by Crippen LogP contribution is 2.18. The number of nitrogens with zero attached hydrogens (tertiary/aromatic N) is 3. The number of para-hydroxylation sites is 1. The van der Waals surface area contributed by atoms with Gasteiger partial charge in [0.15, 0.2) is 0 Å². The fourth-order valence-corrected chi connectivity index (χ4v) is 4.62. The Morgan fingerprint density at radius 2 is 1.88 bits per heavy atom. The number of halogens is 1. The van der Waals surface area contributed by atoms with Crippen molar-refractivity contribution in [2.24, 2.45) is 0 Å². The van der Waals surface area contributed by atoms with Crippen LogP contribution in [0.5, 0.6) is 0 Å². The van der Waals surface area contributed by atoms with E-state index in [4.69, 9.17) is 4.74 Å². The first kappa shape index (κ1) is 22.7. The highest BCUT2D eigenvalue weighted by Gasteiger charge is 2.23. The molecule has 2 aliphatic rings. The number of ether oxygens (including phenoxy) is 1. The first-order chi connectivity index (χ1) is 15.7. The SMILES string of the molecule is O=C(CCCN1CCN(c2ccccc2)CC1)N(Cc1cccc(F)c1)CC1CCCO1. The van der Waals surface area contributed by atoms with Crippen molar-refractivity contribution >= 4 is 11.6 Å². The highest BCUT2D eigenvalue weighted by molar-refractivity contribution is 5.76. The number of benzene rings is 2. The Bertz CT molecular complexity index is 849. The number of anilines is 1. The summed E-state index contributed by atoms with van der Waals surface area (Å²) in [6.45, 7) is 6.80. The van der Waals surface area contributed by atoms with Crippen LogP contribution in [0.3, 0.4) is 0 Å². The molecule has 2 aromatic rings. The normalized spacial score (nSPS) is 19.3. The van der Waals surface area contributed by atoms with Crippen molar-refractivity contribution < 1.29 is 13.9 Å². The largest absolute Gasteiger partial charge is 0.376 e. The van der Waals surface area contributed by atoms with Gasteiger partial charge in [-0.25, -0.2) is 4.39 Å². The maximum Gasteiger partial charge on any atom is 0.223 e. The minimum atomic E-state index is -0.262. The maximum absolute atomic E-state index is 13.6. The number of rotatable bonds is 9. The monoisotopic (exact) mass is 439 g/mol. The number of piperazine rings is 1. The van der Waals surface area contributed by atoms with Crippen LogP contribution in [0.4, 0.5) is 10.1 Å². The van der Waals surface area contributed by atoms with Crippen LogP contribution in [-0.2, 0) is 16.1 Å². The molecule has 0 N–H and O–H groups in total. The van der Waals surface area contributed by atoms with Gasteiger partial charge in [-0.05, 0) is 55.6 Å².